The van der Waals surface area contributed by atoms with Gasteiger partial charge < -0.3 is 10.0 Å². The van der Waals surface area contributed by atoms with Crippen LogP contribution in [0.3, 0.4) is 0 Å². The first-order valence-corrected chi connectivity index (χ1v) is 5.47. The van der Waals surface area contributed by atoms with E-state index >= 15 is 0 Å². The van der Waals surface area contributed by atoms with Crippen LogP contribution in [0.5, 0.6) is 0 Å². The van der Waals surface area contributed by atoms with Gasteiger partial charge in [0.15, 0.2) is 0 Å². The molecule has 0 bridgehead atoms. The molecule has 0 aliphatic carbocycles. The number of pyridine rings is 1. The number of aromatic nitrogens is 1. The summed E-state index contributed by atoms with van der Waals surface area (Å²) in [5.41, 5.74) is 2.19. The fourth-order valence-electron chi connectivity index (χ4n) is 1.83. The van der Waals surface area contributed by atoms with Crippen molar-refractivity contribution in [3.8, 4) is 0 Å². The number of fused-ring (bicyclic) bond motifs is 1. The molecule has 2 N–H and O–H groups in total. The highest BCUT2D eigenvalue weighted by Crippen LogP contribution is 2.11. The van der Waals surface area contributed by atoms with Gasteiger partial charge in [-0.3, -0.25) is 4.98 Å². The molecule has 0 saturated heterocycles. The molecule has 16 heavy (non-hydrogen) atoms. The largest absolute Gasteiger partial charge is 0.490 e. The summed E-state index contributed by atoms with van der Waals surface area (Å²) in [6.45, 7) is 2.05. The summed E-state index contributed by atoms with van der Waals surface area (Å²) in [5, 5.41) is 19.5. The van der Waals surface area contributed by atoms with Crippen molar-refractivity contribution in [2.24, 2.45) is 0 Å². The lowest BCUT2D eigenvalue weighted by Gasteiger charge is -2.09. The van der Waals surface area contributed by atoms with Crippen LogP contribution >= 0.6 is 0 Å². The van der Waals surface area contributed by atoms with Crippen LogP contribution in [0.1, 0.15) is 19.0 Å². The highest BCUT2D eigenvalue weighted by atomic mass is 16.4. The van der Waals surface area contributed by atoms with Crippen LogP contribution in [0.15, 0.2) is 30.3 Å². The van der Waals surface area contributed by atoms with Gasteiger partial charge in [-0.15, -0.1) is 0 Å². The number of rotatable bonds is 3. The Balaban J connectivity index is 2.61. The Labute approximate surface area is 94.9 Å². The molecule has 1 aromatic heterocycles. The molecular weight excluding hydrogens is 201 g/mol. The Hall–Kier alpha value is -1.39. The Kier molecular flexibility index (Phi) is 3.22. The van der Waals surface area contributed by atoms with Gasteiger partial charge in [0.2, 0.25) is 0 Å². The van der Waals surface area contributed by atoms with Crippen molar-refractivity contribution in [1.29, 1.82) is 0 Å². The minimum atomic E-state index is -1.45. The monoisotopic (exact) mass is 215 g/mol. The minimum Gasteiger partial charge on any atom is -0.423 e. The van der Waals surface area contributed by atoms with Gasteiger partial charge in [0.25, 0.3) is 0 Å². The molecule has 0 spiro atoms. The number of hydrogen-bond donors (Lipinski definition) is 2. The first-order chi connectivity index (χ1) is 7.72. The lowest BCUT2D eigenvalue weighted by Crippen LogP contribution is -2.34. The average molecular weight is 215 g/mol. The zero-order valence-corrected chi connectivity index (χ0v) is 9.22. The predicted octanol–water partition coefficient (Wildman–Crippen LogP) is 0.867. The van der Waals surface area contributed by atoms with Crippen molar-refractivity contribution in [3.63, 3.8) is 0 Å². The molecule has 0 unspecified atom stereocenters. The zero-order chi connectivity index (χ0) is 11.5. The van der Waals surface area contributed by atoms with E-state index in [2.05, 4.69) is 4.98 Å². The summed E-state index contributed by atoms with van der Waals surface area (Å²) in [5.74, 6) is 0. The van der Waals surface area contributed by atoms with Crippen LogP contribution in [-0.2, 0) is 6.42 Å². The topological polar surface area (TPSA) is 53.4 Å². The molecule has 2 aromatic rings. The number of aryl methyl sites for hydroxylation is 1. The molecule has 82 valence electrons. The van der Waals surface area contributed by atoms with Gasteiger partial charge in [0.05, 0.1) is 5.52 Å². The standard InChI is InChI=1S/C12H14BNO2/c1-2-5-12-10(13(15)16)8-9-6-3-4-7-11(9)14-12/h3-4,6-8,15-16H,2,5H2,1H3. The average Bonchev–Trinajstić information content (AvgIpc) is 2.28. The molecule has 0 aliphatic rings. The third-order valence-corrected chi connectivity index (χ3v) is 2.60. The van der Waals surface area contributed by atoms with E-state index in [1.54, 1.807) is 6.07 Å². The Morgan fingerprint density at radius 2 is 2.00 bits per heavy atom. The predicted molar refractivity (Wildman–Crippen MR) is 65.6 cm³/mol. The van der Waals surface area contributed by atoms with E-state index in [0.29, 0.717) is 5.46 Å². The molecular formula is C12H14BNO2. The van der Waals surface area contributed by atoms with Crippen molar-refractivity contribution < 1.29 is 10.0 Å². The van der Waals surface area contributed by atoms with Gasteiger partial charge in [0.1, 0.15) is 0 Å². The molecule has 0 atom stereocenters. The summed E-state index contributed by atoms with van der Waals surface area (Å²) in [7, 11) is -1.45. The van der Waals surface area contributed by atoms with Crippen LogP contribution in [0.2, 0.25) is 0 Å². The van der Waals surface area contributed by atoms with Crippen LogP contribution < -0.4 is 5.46 Å². The van der Waals surface area contributed by atoms with Gasteiger partial charge in [-0.1, -0.05) is 37.6 Å². The number of hydrogen-bond acceptors (Lipinski definition) is 3. The van der Waals surface area contributed by atoms with E-state index in [1.807, 2.05) is 31.2 Å². The van der Waals surface area contributed by atoms with E-state index in [9.17, 15) is 10.0 Å². The summed E-state index contributed by atoms with van der Waals surface area (Å²) >= 11 is 0. The van der Waals surface area contributed by atoms with Gasteiger partial charge >= 0.3 is 7.12 Å². The Morgan fingerprint density at radius 1 is 1.25 bits per heavy atom. The van der Waals surface area contributed by atoms with Gasteiger partial charge in [-0.05, 0) is 17.9 Å². The fraction of sp³-hybridized carbons (Fsp3) is 0.250. The number of benzene rings is 1. The van der Waals surface area contributed by atoms with E-state index in [-0.39, 0.29) is 0 Å². The van der Waals surface area contributed by atoms with Crippen LogP contribution in [-0.4, -0.2) is 22.2 Å². The van der Waals surface area contributed by atoms with Gasteiger partial charge in [-0.25, -0.2) is 0 Å². The summed E-state index contributed by atoms with van der Waals surface area (Å²) in [4.78, 5) is 4.47. The van der Waals surface area contributed by atoms with Gasteiger partial charge in [-0.2, -0.15) is 0 Å². The van der Waals surface area contributed by atoms with Crippen molar-refractivity contribution in [1.82, 2.24) is 4.98 Å². The molecule has 1 heterocycles. The number of para-hydroxylation sites is 1. The first kappa shape index (κ1) is 11.1. The molecule has 1 aromatic carbocycles. The molecule has 0 radical (unpaired) electrons. The molecule has 0 amide bonds. The number of nitrogens with zero attached hydrogens (tertiary/aromatic N) is 1. The van der Waals surface area contributed by atoms with Crippen molar-refractivity contribution in [2.75, 3.05) is 0 Å². The van der Waals surface area contributed by atoms with E-state index in [4.69, 9.17) is 0 Å². The molecule has 0 fully saturated rings. The minimum absolute atomic E-state index is 0.514. The molecule has 0 saturated carbocycles. The maximum Gasteiger partial charge on any atom is 0.490 e. The first-order valence-electron chi connectivity index (χ1n) is 5.47. The molecule has 2 rings (SSSR count). The van der Waals surface area contributed by atoms with Crippen LogP contribution in [0.4, 0.5) is 0 Å². The molecule has 0 aliphatic heterocycles. The zero-order valence-electron chi connectivity index (χ0n) is 9.22. The smallest absolute Gasteiger partial charge is 0.423 e. The SMILES string of the molecule is CCCc1nc2ccccc2cc1B(O)O. The summed E-state index contributed by atoms with van der Waals surface area (Å²) in [6.07, 6.45) is 1.70. The normalized spacial score (nSPS) is 10.7. The third kappa shape index (κ3) is 2.08. The highest BCUT2D eigenvalue weighted by molar-refractivity contribution is 6.59. The lowest BCUT2D eigenvalue weighted by molar-refractivity contribution is 0.425. The van der Waals surface area contributed by atoms with E-state index in [0.717, 1.165) is 29.4 Å². The van der Waals surface area contributed by atoms with Crippen LogP contribution in [0.25, 0.3) is 10.9 Å². The van der Waals surface area contributed by atoms with E-state index < -0.39 is 7.12 Å². The Morgan fingerprint density at radius 3 is 2.69 bits per heavy atom. The quantitative estimate of drug-likeness (QED) is 0.747. The lowest BCUT2D eigenvalue weighted by atomic mass is 9.77. The second-order valence-electron chi connectivity index (χ2n) is 3.84. The fourth-order valence-corrected chi connectivity index (χ4v) is 1.83. The van der Waals surface area contributed by atoms with Crippen molar-refractivity contribution in [3.05, 3.63) is 36.0 Å². The highest BCUT2D eigenvalue weighted by Gasteiger charge is 2.17. The molecule has 4 heteroatoms. The third-order valence-electron chi connectivity index (χ3n) is 2.60. The summed E-state index contributed by atoms with van der Waals surface area (Å²) < 4.78 is 0. The second kappa shape index (κ2) is 4.64. The van der Waals surface area contributed by atoms with Crippen LogP contribution in [0, 0.1) is 0 Å². The Bertz CT molecular complexity index is 499. The van der Waals surface area contributed by atoms with Crippen molar-refractivity contribution in [2.45, 2.75) is 19.8 Å². The molecule has 3 nitrogen and oxygen atoms in total. The second-order valence-corrected chi connectivity index (χ2v) is 3.84. The summed E-state index contributed by atoms with van der Waals surface area (Å²) in [6, 6.07) is 9.50. The maximum atomic E-state index is 9.31. The van der Waals surface area contributed by atoms with Crippen molar-refractivity contribution >= 4 is 23.5 Å². The maximum absolute atomic E-state index is 9.31. The van der Waals surface area contributed by atoms with E-state index in [1.165, 1.54) is 0 Å². The van der Waals surface area contributed by atoms with Gasteiger partial charge in [0, 0.05) is 11.2 Å².